The largest absolute Gasteiger partial charge is 0.467 e. The molecule has 0 spiro atoms. The molecule has 2 aromatic carbocycles. The number of benzene rings is 2. The molecule has 1 aliphatic heterocycles. The Morgan fingerprint density at radius 2 is 2.11 bits per heavy atom. The lowest BCUT2D eigenvalue weighted by atomic mass is 10.1. The first-order valence-corrected chi connectivity index (χ1v) is 8.75. The summed E-state index contributed by atoms with van der Waals surface area (Å²) in [6.07, 6.45) is 0.0379. The first-order valence-electron chi connectivity index (χ1n) is 8.37. The van der Waals surface area contributed by atoms with Gasteiger partial charge in [0.2, 0.25) is 0 Å². The summed E-state index contributed by atoms with van der Waals surface area (Å²) in [5, 5.41) is 0.519. The lowest BCUT2D eigenvalue weighted by Gasteiger charge is -2.21. The van der Waals surface area contributed by atoms with Gasteiger partial charge in [0.15, 0.2) is 12.4 Å². The number of aromatic nitrogens is 1. The van der Waals surface area contributed by atoms with Gasteiger partial charge < -0.3 is 18.6 Å². The van der Waals surface area contributed by atoms with E-state index < -0.39 is 11.7 Å². The predicted octanol–water partition coefficient (Wildman–Crippen LogP) is 3.25. The van der Waals surface area contributed by atoms with E-state index in [0.717, 1.165) is 5.56 Å². The molecule has 1 aromatic heterocycles. The highest BCUT2D eigenvalue weighted by Gasteiger charge is 2.18. The van der Waals surface area contributed by atoms with Gasteiger partial charge in [-0.05, 0) is 24.3 Å². The smallest absolute Gasteiger partial charge is 0.419 e. The van der Waals surface area contributed by atoms with Crippen molar-refractivity contribution in [3.05, 3.63) is 63.1 Å². The summed E-state index contributed by atoms with van der Waals surface area (Å²) in [5.41, 5.74) is 2.63. The van der Waals surface area contributed by atoms with Crippen LogP contribution < -0.4 is 10.5 Å². The number of nitrogens with zero attached hydrogens (tertiary/aromatic N) is 1. The van der Waals surface area contributed by atoms with E-state index in [9.17, 15) is 9.59 Å². The lowest BCUT2D eigenvalue weighted by Crippen LogP contribution is -2.18. The van der Waals surface area contributed by atoms with Gasteiger partial charge in [-0.1, -0.05) is 23.7 Å². The van der Waals surface area contributed by atoms with E-state index in [1.807, 2.05) is 0 Å². The lowest BCUT2D eigenvalue weighted by molar-refractivity contribution is -0.145. The van der Waals surface area contributed by atoms with E-state index in [0.29, 0.717) is 34.0 Å². The van der Waals surface area contributed by atoms with Crippen LogP contribution in [0.25, 0.3) is 11.1 Å². The zero-order valence-corrected chi connectivity index (χ0v) is 15.0. The topological polar surface area (TPSA) is 79.9 Å². The minimum Gasteiger partial charge on any atom is -0.467 e. The SMILES string of the molecule is O=C(CCn1c(=O)oc2ccccc21)OCc1cc(Cl)cc2c1OCOC2. The van der Waals surface area contributed by atoms with Gasteiger partial charge in [-0.2, -0.15) is 0 Å². The monoisotopic (exact) mass is 389 g/mol. The molecule has 0 atom stereocenters. The van der Waals surface area contributed by atoms with Gasteiger partial charge >= 0.3 is 11.7 Å². The molecule has 2 heterocycles. The summed E-state index contributed by atoms with van der Waals surface area (Å²) in [6, 6.07) is 10.5. The number of oxazole rings is 1. The predicted molar refractivity (Wildman–Crippen MR) is 96.6 cm³/mol. The van der Waals surface area contributed by atoms with Crippen LogP contribution in [-0.2, 0) is 34.0 Å². The number of fused-ring (bicyclic) bond motifs is 2. The Bertz CT molecular complexity index is 1050. The number of aryl methyl sites for hydroxylation is 1. The number of carbonyl (C=O) groups is 1. The van der Waals surface area contributed by atoms with E-state index in [1.54, 1.807) is 36.4 Å². The quantitative estimate of drug-likeness (QED) is 0.623. The average Bonchev–Trinajstić information content (AvgIpc) is 2.99. The number of hydrogen-bond acceptors (Lipinski definition) is 6. The number of esters is 1. The van der Waals surface area contributed by atoms with Crippen LogP contribution in [0.3, 0.4) is 0 Å². The molecule has 0 saturated carbocycles. The van der Waals surface area contributed by atoms with Crippen LogP contribution >= 0.6 is 11.6 Å². The second kappa shape index (κ2) is 7.46. The third-order valence-corrected chi connectivity index (χ3v) is 4.47. The van der Waals surface area contributed by atoms with Gasteiger partial charge in [0.25, 0.3) is 0 Å². The molecule has 7 nitrogen and oxygen atoms in total. The van der Waals surface area contributed by atoms with Crippen molar-refractivity contribution in [2.24, 2.45) is 0 Å². The average molecular weight is 390 g/mol. The van der Waals surface area contributed by atoms with Crippen LogP contribution in [0.15, 0.2) is 45.6 Å². The maximum Gasteiger partial charge on any atom is 0.419 e. The summed E-state index contributed by atoms with van der Waals surface area (Å²) in [7, 11) is 0. The Labute approximate surface area is 159 Å². The van der Waals surface area contributed by atoms with Crippen LogP contribution in [-0.4, -0.2) is 17.3 Å². The first kappa shape index (κ1) is 17.6. The molecule has 140 valence electrons. The number of halogens is 1. The molecule has 3 aromatic rings. The highest BCUT2D eigenvalue weighted by atomic mass is 35.5. The van der Waals surface area contributed by atoms with Gasteiger partial charge in [-0.25, -0.2) is 4.79 Å². The van der Waals surface area contributed by atoms with Crippen molar-refractivity contribution in [2.45, 2.75) is 26.2 Å². The van der Waals surface area contributed by atoms with Crippen LogP contribution in [0.2, 0.25) is 5.02 Å². The summed E-state index contributed by atoms with van der Waals surface area (Å²) < 4.78 is 22.6. The molecule has 0 saturated heterocycles. The second-order valence-corrected chi connectivity index (χ2v) is 6.50. The van der Waals surface area contributed by atoms with Crippen molar-refractivity contribution in [1.82, 2.24) is 4.57 Å². The zero-order valence-electron chi connectivity index (χ0n) is 14.3. The first-order chi connectivity index (χ1) is 13.1. The van der Waals surface area contributed by atoms with E-state index in [2.05, 4.69) is 0 Å². The Morgan fingerprint density at radius 3 is 3.00 bits per heavy atom. The maximum atomic E-state index is 12.1. The molecule has 0 fully saturated rings. The fourth-order valence-electron chi connectivity index (χ4n) is 3.02. The number of ether oxygens (including phenoxy) is 3. The van der Waals surface area contributed by atoms with E-state index in [1.165, 1.54) is 4.57 Å². The molecule has 27 heavy (non-hydrogen) atoms. The molecule has 0 N–H and O–H groups in total. The third-order valence-electron chi connectivity index (χ3n) is 4.25. The molecule has 4 rings (SSSR count). The highest BCUT2D eigenvalue weighted by Crippen LogP contribution is 2.32. The standard InChI is InChI=1S/C19H16ClNO6/c20-14-7-12-9-24-11-26-18(12)13(8-14)10-25-17(22)5-6-21-15-3-1-2-4-16(15)27-19(21)23/h1-4,7-8H,5-6,9-11H2. The van der Waals surface area contributed by atoms with E-state index in [4.69, 9.17) is 30.2 Å². The zero-order chi connectivity index (χ0) is 18.8. The molecular weight excluding hydrogens is 374 g/mol. The highest BCUT2D eigenvalue weighted by molar-refractivity contribution is 6.30. The number of carbonyl (C=O) groups excluding carboxylic acids is 1. The van der Waals surface area contributed by atoms with Crippen molar-refractivity contribution in [3.8, 4) is 5.75 Å². The van der Waals surface area contributed by atoms with Gasteiger partial charge in [-0.3, -0.25) is 9.36 Å². The number of para-hydroxylation sites is 2. The summed E-state index contributed by atoms with van der Waals surface area (Å²) in [6.45, 7) is 0.745. The van der Waals surface area contributed by atoms with Gasteiger partial charge in [0, 0.05) is 22.7 Å². The Balaban J connectivity index is 1.41. The fourth-order valence-corrected chi connectivity index (χ4v) is 3.29. The number of rotatable bonds is 5. The molecule has 0 aliphatic carbocycles. The van der Waals surface area contributed by atoms with Gasteiger partial charge in [0.1, 0.15) is 12.4 Å². The molecule has 1 aliphatic rings. The van der Waals surface area contributed by atoms with E-state index >= 15 is 0 Å². The second-order valence-electron chi connectivity index (χ2n) is 6.06. The molecule has 8 heteroatoms. The summed E-state index contributed by atoms with van der Waals surface area (Å²) >= 11 is 6.10. The fraction of sp³-hybridized carbons (Fsp3) is 0.263. The maximum absolute atomic E-state index is 12.1. The van der Waals surface area contributed by atoms with Crippen LogP contribution in [0.1, 0.15) is 17.5 Å². The van der Waals surface area contributed by atoms with Crippen molar-refractivity contribution in [1.29, 1.82) is 0 Å². The Hall–Kier alpha value is -2.77. The normalized spacial score (nSPS) is 13.2. The molecule has 0 bridgehead atoms. The number of hydrogen-bond donors (Lipinski definition) is 0. The van der Waals surface area contributed by atoms with Crippen molar-refractivity contribution < 1.29 is 23.4 Å². The van der Waals surface area contributed by atoms with Crippen LogP contribution in [0.5, 0.6) is 5.75 Å². The minimum atomic E-state index is -0.499. The Kier molecular flexibility index (Phi) is 4.87. The van der Waals surface area contributed by atoms with Crippen molar-refractivity contribution >= 4 is 28.7 Å². The van der Waals surface area contributed by atoms with Crippen molar-refractivity contribution in [3.63, 3.8) is 0 Å². The summed E-state index contributed by atoms with van der Waals surface area (Å²) in [5.74, 6) is -0.301. The third kappa shape index (κ3) is 3.70. The van der Waals surface area contributed by atoms with Crippen molar-refractivity contribution in [2.75, 3.05) is 6.79 Å². The van der Waals surface area contributed by atoms with E-state index in [-0.39, 0.29) is 26.4 Å². The Morgan fingerprint density at radius 1 is 1.26 bits per heavy atom. The molecular formula is C19H16ClNO6. The molecule has 0 amide bonds. The molecule has 0 radical (unpaired) electrons. The minimum absolute atomic E-state index is 0.0305. The molecule has 0 unspecified atom stereocenters. The van der Waals surface area contributed by atoms with Crippen LogP contribution in [0.4, 0.5) is 0 Å². The van der Waals surface area contributed by atoms with Crippen LogP contribution in [0, 0.1) is 0 Å². The summed E-state index contributed by atoms with van der Waals surface area (Å²) in [4.78, 5) is 24.1. The van der Waals surface area contributed by atoms with Gasteiger partial charge in [0.05, 0.1) is 18.5 Å². The van der Waals surface area contributed by atoms with Gasteiger partial charge in [-0.15, -0.1) is 0 Å².